The van der Waals surface area contributed by atoms with E-state index in [4.69, 9.17) is 18.9 Å². The fourth-order valence-electron chi connectivity index (χ4n) is 4.10. The molecule has 0 heterocycles. The first-order valence-electron chi connectivity index (χ1n) is 13.3. The number of hydrogen-bond acceptors (Lipinski definition) is 6. The Kier molecular flexibility index (Phi) is 14.8. The van der Waals surface area contributed by atoms with Crippen LogP contribution in [0.4, 0.5) is 0 Å². The molecule has 0 aliphatic heterocycles. The topological polar surface area (TPSA) is 71.1 Å². The number of carbonyl (C=O) groups excluding carboxylic acids is 2. The largest absolute Gasteiger partial charge is 0.494 e. The Morgan fingerprint density at radius 2 is 1.03 bits per heavy atom. The zero-order valence-electron chi connectivity index (χ0n) is 22.9. The molecular weight excluding hydrogens is 480 g/mol. The van der Waals surface area contributed by atoms with Gasteiger partial charge < -0.3 is 18.9 Å². The van der Waals surface area contributed by atoms with E-state index < -0.39 is 0 Å². The highest BCUT2D eigenvalue weighted by Crippen LogP contribution is 2.25. The fourth-order valence-corrected chi connectivity index (χ4v) is 4.10. The molecule has 0 saturated carbocycles. The molecule has 2 rings (SSSR count). The van der Waals surface area contributed by atoms with Crippen LogP contribution in [0, 0.1) is 0 Å². The Labute approximate surface area is 227 Å². The molecule has 0 saturated heterocycles. The van der Waals surface area contributed by atoms with E-state index in [-0.39, 0.29) is 12.2 Å². The number of unbranched alkanes of at least 4 members (excludes halogenated alkanes) is 2. The molecule has 0 fully saturated rings. The molecule has 2 aromatic carbocycles. The van der Waals surface area contributed by atoms with Crippen molar-refractivity contribution < 1.29 is 28.5 Å². The van der Waals surface area contributed by atoms with E-state index >= 15 is 0 Å². The van der Waals surface area contributed by atoms with Crippen molar-refractivity contribution in [3.05, 3.63) is 72.8 Å². The number of benzene rings is 2. The van der Waals surface area contributed by atoms with Gasteiger partial charge >= 0.3 is 0 Å². The van der Waals surface area contributed by atoms with Crippen molar-refractivity contribution in [2.75, 3.05) is 27.4 Å². The predicted octanol–water partition coefficient (Wildman–Crippen LogP) is 6.77. The number of aldehydes is 2. The minimum atomic E-state index is 0.0265. The van der Waals surface area contributed by atoms with Crippen LogP contribution in [-0.4, -0.2) is 52.2 Å². The van der Waals surface area contributed by atoms with Crippen LogP contribution in [-0.2, 0) is 19.1 Å². The van der Waals surface area contributed by atoms with Gasteiger partial charge in [-0.15, -0.1) is 0 Å². The monoisotopic (exact) mass is 522 g/mol. The summed E-state index contributed by atoms with van der Waals surface area (Å²) in [5, 5.41) is 0. The summed E-state index contributed by atoms with van der Waals surface area (Å²) in [6.07, 6.45) is 8.29. The minimum Gasteiger partial charge on any atom is -0.494 e. The van der Waals surface area contributed by atoms with Crippen LogP contribution in [0.25, 0.3) is 11.1 Å². The summed E-state index contributed by atoms with van der Waals surface area (Å²) in [7, 11) is 3.33. The molecule has 0 radical (unpaired) electrons. The molecule has 38 heavy (non-hydrogen) atoms. The van der Waals surface area contributed by atoms with Crippen LogP contribution >= 0.6 is 0 Å². The lowest BCUT2D eigenvalue weighted by Gasteiger charge is -2.15. The number of hydrogen-bond donors (Lipinski definition) is 0. The predicted molar refractivity (Wildman–Crippen MR) is 152 cm³/mol. The molecule has 6 heteroatoms. The second-order valence-corrected chi connectivity index (χ2v) is 9.41. The molecular formula is C32H42O6. The molecule has 0 spiro atoms. The Bertz CT molecular complexity index is 899. The van der Waals surface area contributed by atoms with Crippen molar-refractivity contribution in [2.45, 2.75) is 63.6 Å². The first kappa shape index (κ1) is 31.0. The Hall–Kier alpha value is -3.22. The van der Waals surface area contributed by atoms with Gasteiger partial charge in [0.15, 0.2) is 0 Å². The van der Waals surface area contributed by atoms with Crippen molar-refractivity contribution >= 4 is 12.6 Å². The lowest BCUT2D eigenvalue weighted by Crippen LogP contribution is -2.12. The van der Waals surface area contributed by atoms with E-state index in [1.165, 1.54) is 0 Å². The standard InChI is InChI=1S/C32H42O6/c1-25(23-33)21-31(35-3)9-5-7-19-37-29-15-11-27(12-16-29)28-13-17-30(18-14-28)38-20-8-6-10-32(36-4)22-26(2)24-34/h11-18,23-24,31-32H,1-2,5-10,19-22H2,3-4H3. The molecule has 2 aromatic rings. The van der Waals surface area contributed by atoms with Gasteiger partial charge in [0.2, 0.25) is 0 Å². The first-order chi connectivity index (χ1) is 18.5. The maximum absolute atomic E-state index is 10.7. The Balaban J connectivity index is 1.67. The van der Waals surface area contributed by atoms with Crippen LogP contribution in [0.3, 0.4) is 0 Å². The number of rotatable bonds is 21. The third-order valence-electron chi connectivity index (χ3n) is 6.40. The fraction of sp³-hybridized carbons (Fsp3) is 0.438. The van der Waals surface area contributed by atoms with Gasteiger partial charge in [0.05, 0.1) is 25.4 Å². The van der Waals surface area contributed by atoms with E-state index in [0.717, 1.165) is 73.7 Å². The smallest absolute Gasteiger partial charge is 0.145 e. The highest BCUT2D eigenvalue weighted by Gasteiger charge is 2.10. The zero-order chi connectivity index (χ0) is 27.6. The highest BCUT2D eigenvalue weighted by atomic mass is 16.5. The summed E-state index contributed by atoms with van der Waals surface area (Å²) in [5.74, 6) is 1.69. The van der Waals surface area contributed by atoms with Gasteiger partial charge in [-0.3, -0.25) is 9.59 Å². The van der Waals surface area contributed by atoms with Gasteiger partial charge in [-0.25, -0.2) is 0 Å². The van der Waals surface area contributed by atoms with Gasteiger partial charge in [0.25, 0.3) is 0 Å². The van der Waals surface area contributed by atoms with Gasteiger partial charge in [-0.2, -0.15) is 0 Å². The second-order valence-electron chi connectivity index (χ2n) is 9.41. The van der Waals surface area contributed by atoms with Crippen LogP contribution in [0.15, 0.2) is 72.8 Å². The van der Waals surface area contributed by atoms with Crippen molar-refractivity contribution in [1.82, 2.24) is 0 Å². The molecule has 0 aromatic heterocycles. The van der Waals surface area contributed by atoms with Crippen LogP contribution in [0.5, 0.6) is 11.5 Å². The zero-order valence-corrected chi connectivity index (χ0v) is 22.9. The summed E-state index contributed by atoms with van der Waals surface area (Å²) < 4.78 is 22.6. The Morgan fingerprint density at radius 1 is 0.658 bits per heavy atom. The second kappa shape index (κ2) is 18.1. The molecule has 0 aliphatic carbocycles. The van der Waals surface area contributed by atoms with E-state index in [1.807, 2.05) is 24.3 Å². The summed E-state index contributed by atoms with van der Waals surface area (Å²) in [5.41, 5.74) is 3.37. The van der Waals surface area contributed by atoms with E-state index in [2.05, 4.69) is 37.4 Å². The molecule has 6 nitrogen and oxygen atoms in total. The number of carbonyl (C=O) groups is 2. The third-order valence-corrected chi connectivity index (χ3v) is 6.40. The normalized spacial score (nSPS) is 12.4. The SMILES string of the molecule is C=C(C=O)CC(CCCCOc1ccc(-c2ccc(OCCCCC(CC(=C)C=O)OC)cc2)cc1)OC. The molecule has 0 aliphatic rings. The molecule has 0 N–H and O–H groups in total. The molecule has 0 bridgehead atoms. The number of methoxy groups -OCH3 is 2. The summed E-state index contributed by atoms with van der Waals surface area (Å²) >= 11 is 0. The lowest BCUT2D eigenvalue weighted by atomic mass is 10.0. The average molecular weight is 523 g/mol. The van der Waals surface area contributed by atoms with E-state index in [9.17, 15) is 9.59 Å². The van der Waals surface area contributed by atoms with Crippen molar-refractivity contribution in [3.63, 3.8) is 0 Å². The van der Waals surface area contributed by atoms with Crippen molar-refractivity contribution in [3.8, 4) is 22.6 Å². The van der Waals surface area contributed by atoms with E-state index in [0.29, 0.717) is 37.2 Å². The molecule has 2 unspecified atom stereocenters. The summed E-state index contributed by atoms with van der Waals surface area (Å²) in [4.78, 5) is 21.5. The third kappa shape index (κ3) is 11.9. The first-order valence-corrected chi connectivity index (χ1v) is 13.3. The summed E-state index contributed by atoms with van der Waals surface area (Å²) in [6, 6.07) is 16.2. The van der Waals surface area contributed by atoms with E-state index in [1.54, 1.807) is 14.2 Å². The van der Waals surface area contributed by atoms with Gasteiger partial charge in [-0.1, -0.05) is 37.4 Å². The Morgan fingerprint density at radius 3 is 1.34 bits per heavy atom. The average Bonchev–Trinajstić information content (AvgIpc) is 2.95. The van der Waals surface area contributed by atoms with Crippen molar-refractivity contribution in [2.24, 2.45) is 0 Å². The van der Waals surface area contributed by atoms with Crippen molar-refractivity contribution in [1.29, 1.82) is 0 Å². The number of ether oxygens (including phenoxy) is 4. The molecule has 206 valence electrons. The maximum Gasteiger partial charge on any atom is 0.145 e. The lowest BCUT2D eigenvalue weighted by molar-refractivity contribution is -0.106. The van der Waals surface area contributed by atoms with Crippen LogP contribution in [0.2, 0.25) is 0 Å². The van der Waals surface area contributed by atoms with Crippen LogP contribution < -0.4 is 9.47 Å². The molecule has 0 amide bonds. The van der Waals surface area contributed by atoms with Gasteiger partial charge in [-0.05, 0) is 85.1 Å². The summed E-state index contributed by atoms with van der Waals surface area (Å²) in [6.45, 7) is 8.71. The molecule has 2 atom stereocenters. The highest BCUT2D eigenvalue weighted by molar-refractivity contribution is 5.72. The van der Waals surface area contributed by atoms with Gasteiger partial charge in [0.1, 0.15) is 24.1 Å². The maximum atomic E-state index is 10.7. The van der Waals surface area contributed by atoms with Gasteiger partial charge in [0, 0.05) is 27.1 Å². The quantitative estimate of drug-likeness (QED) is 0.102. The van der Waals surface area contributed by atoms with Crippen LogP contribution in [0.1, 0.15) is 51.4 Å². The minimum absolute atomic E-state index is 0.0265.